The highest BCUT2D eigenvalue weighted by atomic mass is 16.4. The summed E-state index contributed by atoms with van der Waals surface area (Å²) < 4.78 is 0. The van der Waals surface area contributed by atoms with Gasteiger partial charge in [0.05, 0.1) is 17.8 Å². The van der Waals surface area contributed by atoms with Gasteiger partial charge in [-0.2, -0.15) is 0 Å². The Labute approximate surface area is 129 Å². The second kappa shape index (κ2) is 7.13. The minimum absolute atomic E-state index is 0.331. The van der Waals surface area contributed by atoms with Crippen LogP contribution >= 0.6 is 0 Å². The minimum Gasteiger partial charge on any atom is -0.481 e. The molecule has 0 saturated heterocycles. The van der Waals surface area contributed by atoms with E-state index in [1.54, 1.807) is 30.5 Å². The second-order valence-electron chi connectivity index (χ2n) is 5.25. The molecular weight excluding hydrogens is 280 g/mol. The summed E-state index contributed by atoms with van der Waals surface area (Å²) in [5.41, 5.74) is -0.186. The van der Waals surface area contributed by atoms with E-state index >= 15 is 0 Å². The Balaban J connectivity index is 2.53. The Kier molecular flexibility index (Phi) is 5.22. The van der Waals surface area contributed by atoms with E-state index in [9.17, 15) is 15.0 Å². The second-order valence-corrected chi connectivity index (χ2v) is 5.25. The van der Waals surface area contributed by atoms with Crippen molar-refractivity contribution < 1.29 is 15.0 Å². The van der Waals surface area contributed by atoms with Gasteiger partial charge >= 0.3 is 5.97 Å². The number of unbranched alkanes of at least 4 members (excludes halogenated alkanes) is 1. The molecule has 22 heavy (non-hydrogen) atoms. The van der Waals surface area contributed by atoms with Crippen molar-refractivity contribution in [2.75, 3.05) is 0 Å². The van der Waals surface area contributed by atoms with Crippen LogP contribution in [0.1, 0.15) is 43.1 Å². The summed E-state index contributed by atoms with van der Waals surface area (Å²) in [6, 6.07) is 8.77. The lowest BCUT2D eigenvalue weighted by molar-refractivity contribution is -0.141. The van der Waals surface area contributed by atoms with E-state index in [1.807, 2.05) is 6.07 Å². The summed E-state index contributed by atoms with van der Waals surface area (Å²) in [6.07, 6.45) is 5.16. The SMILES string of the molecule is CCCCc1nccnc1C(O)(CC(=O)O)c1ccccc1. The number of hydrogen-bond acceptors (Lipinski definition) is 4. The van der Waals surface area contributed by atoms with Crippen molar-refractivity contribution in [1.29, 1.82) is 0 Å². The average molecular weight is 300 g/mol. The van der Waals surface area contributed by atoms with Crippen molar-refractivity contribution in [2.45, 2.75) is 38.2 Å². The predicted molar refractivity (Wildman–Crippen MR) is 82.3 cm³/mol. The number of benzene rings is 1. The zero-order valence-corrected chi connectivity index (χ0v) is 12.6. The summed E-state index contributed by atoms with van der Waals surface area (Å²) in [6.45, 7) is 2.07. The highest BCUT2D eigenvalue weighted by Crippen LogP contribution is 2.33. The van der Waals surface area contributed by atoms with Crippen LogP contribution in [0.5, 0.6) is 0 Å². The van der Waals surface area contributed by atoms with Crippen LogP contribution in [0.3, 0.4) is 0 Å². The van der Waals surface area contributed by atoms with Crippen LogP contribution in [0.25, 0.3) is 0 Å². The van der Waals surface area contributed by atoms with Gasteiger partial charge in [-0.25, -0.2) is 0 Å². The summed E-state index contributed by atoms with van der Waals surface area (Å²) in [4.78, 5) is 19.8. The first-order valence-corrected chi connectivity index (χ1v) is 7.38. The summed E-state index contributed by atoms with van der Waals surface area (Å²) in [5, 5.41) is 20.4. The molecular formula is C17H20N2O3. The lowest BCUT2D eigenvalue weighted by Gasteiger charge is -2.28. The summed E-state index contributed by atoms with van der Waals surface area (Å²) >= 11 is 0. The minimum atomic E-state index is -1.68. The maximum Gasteiger partial charge on any atom is 0.307 e. The van der Waals surface area contributed by atoms with Gasteiger partial charge in [-0.1, -0.05) is 43.7 Å². The van der Waals surface area contributed by atoms with E-state index in [-0.39, 0.29) is 0 Å². The lowest BCUT2D eigenvalue weighted by Crippen LogP contribution is -2.33. The molecule has 0 radical (unpaired) electrons. The Morgan fingerprint density at radius 3 is 2.50 bits per heavy atom. The molecule has 0 aliphatic carbocycles. The van der Waals surface area contributed by atoms with Crippen molar-refractivity contribution >= 4 is 5.97 Å². The number of aryl methyl sites for hydroxylation is 1. The fourth-order valence-electron chi connectivity index (χ4n) is 2.49. The fraction of sp³-hybridized carbons (Fsp3) is 0.353. The van der Waals surface area contributed by atoms with E-state index in [0.29, 0.717) is 23.4 Å². The van der Waals surface area contributed by atoms with Crippen molar-refractivity contribution in [2.24, 2.45) is 0 Å². The molecule has 0 fully saturated rings. The molecule has 2 N–H and O–H groups in total. The Bertz CT molecular complexity index is 631. The third-order valence-corrected chi connectivity index (χ3v) is 3.59. The molecule has 1 aromatic heterocycles. The van der Waals surface area contributed by atoms with Crippen molar-refractivity contribution in [3.8, 4) is 0 Å². The van der Waals surface area contributed by atoms with Gasteiger partial charge in [0.2, 0.25) is 0 Å². The maximum atomic E-state index is 11.3. The van der Waals surface area contributed by atoms with Crippen molar-refractivity contribution in [3.05, 3.63) is 59.7 Å². The molecule has 0 amide bonds. The molecule has 1 aromatic carbocycles. The van der Waals surface area contributed by atoms with Gasteiger partial charge in [0, 0.05) is 12.4 Å². The van der Waals surface area contributed by atoms with Crippen LogP contribution in [0.4, 0.5) is 0 Å². The molecule has 0 aliphatic rings. The van der Waals surface area contributed by atoms with E-state index in [4.69, 9.17) is 0 Å². The quantitative estimate of drug-likeness (QED) is 0.821. The highest BCUT2D eigenvalue weighted by Gasteiger charge is 2.37. The van der Waals surface area contributed by atoms with Gasteiger partial charge in [-0.3, -0.25) is 14.8 Å². The maximum absolute atomic E-state index is 11.3. The third kappa shape index (κ3) is 3.49. The molecule has 0 bridgehead atoms. The molecule has 5 nitrogen and oxygen atoms in total. The molecule has 0 aliphatic heterocycles. The molecule has 0 spiro atoms. The Hall–Kier alpha value is -2.27. The van der Waals surface area contributed by atoms with Gasteiger partial charge in [0.25, 0.3) is 0 Å². The number of aliphatic hydroxyl groups is 1. The molecule has 2 aromatic rings. The number of hydrogen-bond donors (Lipinski definition) is 2. The van der Waals surface area contributed by atoms with Crippen LogP contribution in [0.15, 0.2) is 42.7 Å². The van der Waals surface area contributed by atoms with E-state index in [2.05, 4.69) is 16.9 Å². The van der Waals surface area contributed by atoms with Gasteiger partial charge in [0.1, 0.15) is 5.60 Å². The first-order valence-electron chi connectivity index (χ1n) is 7.38. The highest BCUT2D eigenvalue weighted by molar-refractivity contribution is 5.69. The third-order valence-electron chi connectivity index (χ3n) is 3.59. The zero-order valence-electron chi connectivity index (χ0n) is 12.6. The van der Waals surface area contributed by atoms with E-state index < -0.39 is 18.0 Å². The van der Waals surface area contributed by atoms with Gasteiger partial charge in [0.15, 0.2) is 0 Å². The molecule has 2 rings (SSSR count). The number of nitrogens with zero attached hydrogens (tertiary/aromatic N) is 2. The average Bonchev–Trinajstić information content (AvgIpc) is 2.53. The smallest absolute Gasteiger partial charge is 0.307 e. The van der Waals surface area contributed by atoms with E-state index in [0.717, 1.165) is 12.8 Å². The number of carbonyl (C=O) groups is 1. The first-order chi connectivity index (χ1) is 10.6. The number of rotatable bonds is 7. The van der Waals surface area contributed by atoms with Crippen LogP contribution in [0.2, 0.25) is 0 Å². The molecule has 1 unspecified atom stereocenters. The first kappa shape index (κ1) is 16.1. The van der Waals surface area contributed by atoms with Crippen LogP contribution in [-0.4, -0.2) is 26.2 Å². The van der Waals surface area contributed by atoms with Crippen LogP contribution in [-0.2, 0) is 16.8 Å². The molecule has 1 atom stereocenters. The van der Waals surface area contributed by atoms with Gasteiger partial charge in [-0.05, 0) is 18.4 Å². The van der Waals surface area contributed by atoms with Crippen molar-refractivity contribution in [3.63, 3.8) is 0 Å². The van der Waals surface area contributed by atoms with E-state index in [1.165, 1.54) is 6.20 Å². The molecule has 116 valence electrons. The number of aromatic nitrogens is 2. The van der Waals surface area contributed by atoms with Crippen LogP contribution < -0.4 is 0 Å². The molecule has 0 saturated carbocycles. The molecule has 1 heterocycles. The van der Waals surface area contributed by atoms with Gasteiger partial charge in [-0.15, -0.1) is 0 Å². The molecule has 5 heteroatoms. The number of aliphatic carboxylic acids is 1. The Morgan fingerprint density at radius 1 is 1.18 bits per heavy atom. The van der Waals surface area contributed by atoms with Crippen molar-refractivity contribution in [1.82, 2.24) is 9.97 Å². The number of carboxylic acid groups (broad SMARTS) is 1. The van der Waals surface area contributed by atoms with Crippen LogP contribution in [0, 0.1) is 0 Å². The summed E-state index contributed by atoms with van der Waals surface area (Å²) in [5.74, 6) is -1.08. The largest absolute Gasteiger partial charge is 0.481 e. The monoisotopic (exact) mass is 300 g/mol. The standard InChI is InChI=1S/C17H20N2O3/c1-2-3-9-14-16(19-11-10-18-14)17(22,12-15(20)21)13-7-5-4-6-8-13/h4-8,10-11,22H,2-3,9,12H2,1H3,(H,20,21). The lowest BCUT2D eigenvalue weighted by atomic mass is 9.85. The fourth-order valence-corrected chi connectivity index (χ4v) is 2.49. The topological polar surface area (TPSA) is 83.3 Å². The Morgan fingerprint density at radius 2 is 1.86 bits per heavy atom. The summed E-state index contributed by atoms with van der Waals surface area (Å²) in [7, 11) is 0. The normalized spacial score (nSPS) is 13.5. The zero-order chi connectivity index (χ0) is 16.0. The van der Waals surface area contributed by atoms with Gasteiger partial charge < -0.3 is 10.2 Å². The number of carboxylic acids is 1. The predicted octanol–water partition coefficient (Wildman–Crippen LogP) is 2.53.